The van der Waals surface area contributed by atoms with Crippen LogP contribution in [0.1, 0.15) is 12.1 Å². The predicted molar refractivity (Wildman–Crippen MR) is 90.3 cm³/mol. The average Bonchev–Trinajstić information content (AvgIpc) is 3.18. The van der Waals surface area contributed by atoms with Crippen molar-refractivity contribution in [3.05, 3.63) is 30.1 Å². The number of rotatable bonds is 7. The lowest BCUT2D eigenvalue weighted by molar-refractivity contribution is -0.129. The van der Waals surface area contributed by atoms with Crippen molar-refractivity contribution in [2.75, 3.05) is 18.8 Å². The lowest BCUT2D eigenvalue weighted by Crippen LogP contribution is -2.34. The van der Waals surface area contributed by atoms with Crippen LogP contribution in [0.15, 0.2) is 29.6 Å². The van der Waals surface area contributed by atoms with E-state index in [1.807, 2.05) is 18.2 Å². The lowest BCUT2D eigenvalue weighted by atomic mass is 10.1. The van der Waals surface area contributed by atoms with Crippen molar-refractivity contribution < 1.29 is 9.59 Å². The fraction of sp³-hybridized carbons (Fsp3) is 0.467. The number of pyridine rings is 1. The van der Waals surface area contributed by atoms with Crippen molar-refractivity contribution in [1.82, 2.24) is 35.4 Å². The Morgan fingerprint density at radius 2 is 2.32 bits per heavy atom. The molecule has 0 aliphatic carbocycles. The first-order valence-electron chi connectivity index (χ1n) is 7.94. The fourth-order valence-corrected chi connectivity index (χ4v) is 3.30. The molecule has 0 saturated carbocycles. The third kappa shape index (κ3) is 4.53. The van der Waals surface area contributed by atoms with Gasteiger partial charge in [-0.25, -0.2) is 4.68 Å². The van der Waals surface area contributed by atoms with Crippen molar-refractivity contribution >= 4 is 23.6 Å². The molecule has 2 aromatic heterocycles. The highest BCUT2D eigenvalue weighted by Gasteiger charge is 2.34. The number of thioether (sulfide) groups is 1. The Kier molecular flexibility index (Phi) is 5.59. The van der Waals surface area contributed by atoms with Crippen LogP contribution in [-0.2, 0) is 23.2 Å². The number of tetrazole rings is 1. The Hall–Kier alpha value is -2.49. The number of aromatic nitrogens is 5. The van der Waals surface area contributed by atoms with E-state index in [0.717, 1.165) is 5.69 Å². The number of hydrogen-bond donors (Lipinski definition) is 1. The molecule has 3 heterocycles. The number of amides is 2. The number of hydrogen-bond acceptors (Lipinski definition) is 7. The highest BCUT2D eigenvalue weighted by molar-refractivity contribution is 7.99. The minimum Gasteiger partial charge on any atom is -0.355 e. The smallest absolute Gasteiger partial charge is 0.225 e. The van der Waals surface area contributed by atoms with E-state index in [2.05, 4.69) is 25.8 Å². The summed E-state index contributed by atoms with van der Waals surface area (Å²) in [5.41, 5.74) is 0.825. The summed E-state index contributed by atoms with van der Waals surface area (Å²) < 4.78 is 1.58. The third-order valence-electron chi connectivity index (χ3n) is 3.88. The molecule has 0 bridgehead atoms. The van der Waals surface area contributed by atoms with E-state index in [1.165, 1.54) is 11.8 Å². The molecule has 2 aromatic rings. The minimum atomic E-state index is -0.308. The van der Waals surface area contributed by atoms with E-state index >= 15 is 0 Å². The van der Waals surface area contributed by atoms with E-state index in [0.29, 0.717) is 30.5 Å². The normalized spacial score (nSPS) is 17.1. The Bertz CT molecular complexity index is 736. The fourth-order valence-electron chi connectivity index (χ4n) is 2.59. The van der Waals surface area contributed by atoms with Gasteiger partial charge in [0.05, 0.1) is 18.2 Å². The first kappa shape index (κ1) is 17.3. The summed E-state index contributed by atoms with van der Waals surface area (Å²) in [6.07, 6.45) is 1.95. The summed E-state index contributed by atoms with van der Waals surface area (Å²) in [5.74, 6) is 0.259. The molecule has 2 amide bonds. The molecule has 0 unspecified atom stereocenters. The first-order valence-corrected chi connectivity index (χ1v) is 8.92. The average molecular weight is 361 g/mol. The number of carbonyl (C=O) groups excluding carboxylic acids is 2. The Morgan fingerprint density at radius 1 is 1.44 bits per heavy atom. The lowest BCUT2D eigenvalue weighted by Gasteiger charge is -2.16. The molecule has 1 saturated heterocycles. The van der Waals surface area contributed by atoms with Gasteiger partial charge in [0.1, 0.15) is 0 Å². The summed E-state index contributed by atoms with van der Waals surface area (Å²) in [7, 11) is 1.77. The molecule has 1 atom stereocenters. The molecule has 132 valence electrons. The second-order valence-corrected chi connectivity index (χ2v) is 6.78. The van der Waals surface area contributed by atoms with Crippen LogP contribution in [0, 0.1) is 5.92 Å². The molecular weight excluding hydrogens is 342 g/mol. The molecule has 1 aliphatic heterocycles. The number of carbonyl (C=O) groups is 2. The highest BCUT2D eigenvalue weighted by Crippen LogP contribution is 2.20. The van der Waals surface area contributed by atoms with Crippen molar-refractivity contribution in [3.63, 3.8) is 0 Å². The monoisotopic (exact) mass is 361 g/mol. The Morgan fingerprint density at radius 3 is 3.04 bits per heavy atom. The van der Waals surface area contributed by atoms with Crippen LogP contribution >= 0.6 is 11.8 Å². The zero-order chi connectivity index (χ0) is 17.6. The third-order valence-corrected chi connectivity index (χ3v) is 4.89. The van der Waals surface area contributed by atoms with Gasteiger partial charge < -0.3 is 10.2 Å². The molecule has 0 spiro atoms. The molecule has 9 nitrogen and oxygen atoms in total. The largest absolute Gasteiger partial charge is 0.355 e. The van der Waals surface area contributed by atoms with Crippen LogP contribution in [0.4, 0.5) is 0 Å². The highest BCUT2D eigenvalue weighted by atomic mass is 32.2. The quantitative estimate of drug-likeness (QED) is 0.540. The molecule has 1 fully saturated rings. The topological polar surface area (TPSA) is 106 Å². The predicted octanol–water partition coefficient (Wildman–Crippen LogP) is -0.138. The van der Waals surface area contributed by atoms with Crippen LogP contribution in [-0.4, -0.2) is 60.7 Å². The zero-order valence-electron chi connectivity index (χ0n) is 13.8. The summed E-state index contributed by atoms with van der Waals surface area (Å²) >= 11 is 1.47. The van der Waals surface area contributed by atoms with Gasteiger partial charge in [-0.2, -0.15) is 0 Å². The van der Waals surface area contributed by atoms with Gasteiger partial charge >= 0.3 is 0 Å². The van der Waals surface area contributed by atoms with Gasteiger partial charge in [-0.05, 0) is 22.6 Å². The SMILES string of the molecule is Cn1nnnc1SCCNC(=O)[C@@H]1CC(=O)N(Cc2ccccn2)C1. The number of aryl methyl sites for hydroxylation is 1. The van der Waals surface area contributed by atoms with Crippen LogP contribution < -0.4 is 5.32 Å². The maximum absolute atomic E-state index is 12.3. The number of nitrogens with zero attached hydrogens (tertiary/aromatic N) is 6. The maximum Gasteiger partial charge on any atom is 0.225 e. The summed E-state index contributed by atoms with van der Waals surface area (Å²) in [6.45, 7) is 1.38. The standard InChI is InChI=1S/C15H19N7O2S/c1-21-15(18-19-20-21)25-7-6-17-14(24)11-8-13(23)22(9-11)10-12-4-2-3-5-16-12/h2-5,11H,6-10H2,1H3,(H,17,24)/t11-/m1/s1. The van der Waals surface area contributed by atoms with E-state index in [9.17, 15) is 9.59 Å². The van der Waals surface area contributed by atoms with Crippen molar-refractivity contribution in [1.29, 1.82) is 0 Å². The van der Waals surface area contributed by atoms with Gasteiger partial charge in [0.15, 0.2) is 0 Å². The Balaban J connectivity index is 1.42. The van der Waals surface area contributed by atoms with Crippen LogP contribution in [0.25, 0.3) is 0 Å². The van der Waals surface area contributed by atoms with Crippen molar-refractivity contribution in [2.45, 2.75) is 18.1 Å². The molecule has 0 radical (unpaired) electrons. The van der Waals surface area contributed by atoms with Crippen LogP contribution in [0.2, 0.25) is 0 Å². The van der Waals surface area contributed by atoms with Gasteiger partial charge in [-0.15, -0.1) is 5.10 Å². The van der Waals surface area contributed by atoms with E-state index < -0.39 is 0 Å². The second-order valence-electron chi connectivity index (χ2n) is 5.72. The van der Waals surface area contributed by atoms with E-state index in [-0.39, 0.29) is 24.2 Å². The van der Waals surface area contributed by atoms with Crippen molar-refractivity contribution in [2.24, 2.45) is 13.0 Å². The number of nitrogens with one attached hydrogen (secondary N) is 1. The van der Waals surface area contributed by atoms with E-state index in [1.54, 1.807) is 22.8 Å². The molecule has 10 heteroatoms. The van der Waals surface area contributed by atoms with Gasteiger partial charge in [-0.1, -0.05) is 17.8 Å². The molecule has 1 N–H and O–H groups in total. The summed E-state index contributed by atoms with van der Waals surface area (Å²) in [4.78, 5) is 30.3. The van der Waals surface area contributed by atoms with Gasteiger partial charge in [-0.3, -0.25) is 14.6 Å². The molecule has 1 aliphatic rings. The van der Waals surface area contributed by atoms with Crippen LogP contribution in [0.5, 0.6) is 0 Å². The first-order chi connectivity index (χ1) is 12.1. The van der Waals surface area contributed by atoms with Crippen LogP contribution in [0.3, 0.4) is 0 Å². The molecular formula is C15H19N7O2S. The van der Waals surface area contributed by atoms with Crippen molar-refractivity contribution in [3.8, 4) is 0 Å². The van der Waals surface area contributed by atoms with Gasteiger partial charge in [0.2, 0.25) is 17.0 Å². The Labute approximate surface area is 149 Å². The molecule has 0 aromatic carbocycles. The van der Waals surface area contributed by atoms with Gasteiger partial charge in [0.25, 0.3) is 0 Å². The zero-order valence-corrected chi connectivity index (χ0v) is 14.6. The minimum absolute atomic E-state index is 0.00895. The second kappa shape index (κ2) is 8.06. The molecule has 3 rings (SSSR count). The summed E-state index contributed by atoms with van der Waals surface area (Å²) in [5, 5.41) is 14.7. The summed E-state index contributed by atoms with van der Waals surface area (Å²) in [6, 6.07) is 5.59. The van der Waals surface area contributed by atoms with Gasteiger partial charge in [0, 0.05) is 38.5 Å². The molecule has 25 heavy (non-hydrogen) atoms. The number of likely N-dealkylation sites (tertiary alicyclic amines) is 1. The maximum atomic E-state index is 12.3. The van der Waals surface area contributed by atoms with E-state index in [4.69, 9.17) is 0 Å².